The number of carbonyl (C=O) groups is 1. The number of aryl methyl sites for hydroxylation is 3. The predicted octanol–water partition coefficient (Wildman–Crippen LogP) is 4.93. The van der Waals surface area contributed by atoms with Crippen molar-refractivity contribution in [3.63, 3.8) is 0 Å². The first-order valence-corrected chi connectivity index (χ1v) is 10.1. The predicted molar refractivity (Wildman–Crippen MR) is 115 cm³/mol. The molecule has 2 aromatic carbocycles. The normalized spacial score (nSPS) is 14.4. The minimum absolute atomic E-state index is 0. The topological polar surface area (TPSA) is 32.3 Å². The number of carbonyl (C=O) groups excluding carboxylic acids is 1. The van der Waals surface area contributed by atoms with Crippen LogP contribution in [0.15, 0.2) is 30.3 Å². The van der Waals surface area contributed by atoms with E-state index in [-0.39, 0.29) is 7.33 Å². The monoisotopic (exact) mass is 366 g/mol. The summed E-state index contributed by atoms with van der Waals surface area (Å²) in [5.74, 6) is 0.0643. The molecule has 146 valence electrons. The summed E-state index contributed by atoms with van der Waals surface area (Å²) >= 11 is 0. The molecule has 2 aromatic rings. The molecule has 0 unspecified atom stereocenters. The van der Waals surface area contributed by atoms with Gasteiger partial charge in [0.25, 0.3) is 0 Å². The van der Waals surface area contributed by atoms with Crippen molar-refractivity contribution in [2.45, 2.75) is 58.9 Å². The van der Waals surface area contributed by atoms with E-state index in [1.807, 2.05) is 0 Å². The van der Waals surface area contributed by atoms with Crippen molar-refractivity contribution in [3.8, 4) is 0 Å². The minimum Gasteiger partial charge on any atom is -0.326 e. The number of hydrogen-bond acceptors (Lipinski definition) is 2. The summed E-state index contributed by atoms with van der Waals surface area (Å²) in [6, 6.07) is 11.0. The number of amides is 1. The van der Waals surface area contributed by atoms with Gasteiger partial charge in [0, 0.05) is 20.6 Å². The molecule has 3 nitrogen and oxygen atoms in total. The number of nitrogens with zero attached hydrogens (tertiary/aromatic N) is 1. The zero-order valence-electron chi connectivity index (χ0n) is 17.2. The van der Waals surface area contributed by atoms with Gasteiger partial charge in [-0.15, -0.1) is 0 Å². The molecule has 0 bridgehead atoms. The molecule has 0 saturated heterocycles. The van der Waals surface area contributed by atoms with E-state index in [4.69, 9.17) is 0 Å². The summed E-state index contributed by atoms with van der Waals surface area (Å²) in [6.07, 6.45) is 7.14. The minimum atomic E-state index is 0. The van der Waals surface area contributed by atoms with Gasteiger partial charge in [-0.3, -0.25) is 4.79 Å². The van der Waals surface area contributed by atoms with E-state index in [0.717, 1.165) is 25.1 Å². The molecule has 2 aliphatic rings. The first-order chi connectivity index (χ1) is 12.9. The van der Waals surface area contributed by atoms with Crippen LogP contribution >= 0.6 is 0 Å². The smallest absolute Gasteiger partial charge is 0.221 e. The Labute approximate surface area is 165 Å². The fourth-order valence-corrected chi connectivity index (χ4v) is 4.20. The van der Waals surface area contributed by atoms with Crippen LogP contribution in [0.4, 0.5) is 5.69 Å². The Morgan fingerprint density at radius 1 is 1.00 bits per heavy atom. The largest absolute Gasteiger partial charge is 0.326 e. The zero-order chi connectivity index (χ0) is 19.4. The first-order valence-electron chi connectivity index (χ1n) is 10.1. The quantitative estimate of drug-likeness (QED) is 0.836. The Morgan fingerprint density at radius 2 is 1.56 bits per heavy atom. The maximum Gasteiger partial charge on any atom is 0.221 e. The molecule has 0 fully saturated rings. The molecule has 0 radical (unpaired) electrons. The molecule has 0 aromatic heterocycles. The van der Waals surface area contributed by atoms with Gasteiger partial charge in [-0.1, -0.05) is 35.9 Å². The Hall–Kier alpha value is -2.13. The van der Waals surface area contributed by atoms with E-state index in [1.165, 1.54) is 59.1 Å². The van der Waals surface area contributed by atoms with Crippen LogP contribution in [0.3, 0.4) is 0 Å². The highest BCUT2D eigenvalue weighted by Gasteiger charge is 2.24. The van der Waals surface area contributed by atoms with E-state index >= 15 is 0 Å². The number of hydrogen-bond donors (Lipinski definition) is 1. The first kappa shape index (κ1) is 19.6. The molecule has 1 N–H and O–H groups in total. The molecular formula is C24H34N2O. The lowest BCUT2D eigenvalue weighted by Gasteiger charge is -2.14. The summed E-state index contributed by atoms with van der Waals surface area (Å²) in [4.78, 5) is 13.5. The molecule has 2 aliphatic carbocycles. The standard InChI is InChI=1S/C14H17NO.C10H15N.H2/c1-9(16)15-14-12-6-2-4-10(12)8-11-5-3-7-13(11)14;1-9-4-6-10(7-5-9)8-11(2)3;/h8H,2-7H2,1H3,(H,15,16);4-7H,8H2,1-3H3;1H. The van der Waals surface area contributed by atoms with Crippen LogP contribution in [0, 0.1) is 6.92 Å². The molecular weight excluding hydrogens is 332 g/mol. The van der Waals surface area contributed by atoms with Gasteiger partial charge in [0.05, 0.1) is 0 Å². The third-order valence-electron chi connectivity index (χ3n) is 5.39. The van der Waals surface area contributed by atoms with Crippen molar-refractivity contribution in [2.75, 3.05) is 19.4 Å². The van der Waals surface area contributed by atoms with Crippen molar-refractivity contribution in [1.29, 1.82) is 0 Å². The number of rotatable bonds is 3. The van der Waals surface area contributed by atoms with Gasteiger partial charge in [0.1, 0.15) is 0 Å². The van der Waals surface area contributed by atoms with E-state index in [1.54, 1.807) is 6.92 Å². The van der Waals surface area contributed by atoms with Crippen molar-refractivity contribution >= 4 is 11.6 Å². The highest BCUT2D eigenvalue weighted by Crippen LogP contribution is 2.38. The van der Waals surface area contributed by atoms with Crippen LogP contribution in [0.25, 0.3) is 0 Å². The van der Waals surface area contributed by atoms with Gasteiger partial charge in [-0.25, -0.2) is 0 Å². The average molecular weight is 367 g/mol. The van der Waals surface area contributed by atoms with Gasteiger partial charge in [0.15, 0.2) is 0 Å². The van der Waals surface area contributed by atoms with E-state index in [9.17, 15) is 4.79 Å². The van der Waals surface area contributed by atoms with Crippen LogP contribution in [0.2, 0.25) is 0 Å². The summed E-state index contributed by atoms with van der Waals surface area (Å²) in [6.45, 7) is 4.75. The second-order valence-corrected chi connectivity index (χ2v) is 8.14. The Kier molecular flexibility index (Phi) is 6.33. The summed E-state index contributed by atoms with van der Waals surface area (Å²) in [5, 5.41) is 3.07. The van der Waals surface area contributed by atoms with Crippen LogP contribution in [0.5, 0.6) is 0 Å². The number of benzene rings is 2. The lowest BCUT2D eigenvalue weighted by molar-refractivity contribution is -0.114. The molecule has 0 atom stereocenters. The molecule has 3 heteroatoms. The van der Waals surface area contributed by atoms with Crippen molar-refractivity contribution in [3.05, 3.63) is 63.7 Å². The lowest BCUT2D eigenvalue weighted by atomic mass is 9.99. The Balaban J connectivity index is 0.000000208. The van der Waals surface area contributed by atoms with E-state index in [2.05, 4.69) is 61.6 Å². The van der Waals surface area contributed by atoms with Crippen molar-refractivity contribution in [2.24, 2.45) is 0 Å². The number of nitrogens with one attached hydrogen (secondary N) is 1. The van der Waals surface area contributed by atoms with Crippen LogP contribution in [-0.4, -0.2) is 24.9 Å². The third-order valence-corrected chi connectivity index (χ3v) is 5.39. The van der Waals surface area contributed by atoms with Crippen LogP contribution < -0.4 is 5.32 Å². The molecule has 1 amide bonds. The molecule has 27 heavy (non-hydrogen) atoms. The van der Waals surface area contributed by atoms with Gasteiger partial charge in [-0.05, 0) is 87.4 Å². The Bertz CT molecular complexity index is 780. The highest BCUT2D eigenvalue weighted by atomic mass is 16.1. The van der Waals surface area contributed by atoms with Gasteiger partial charge < -0.3 is 10.2 Å². The zero-order valence-corrected chi connectivity index (χ0v) is 17.2. The fourth-order valence-electron chi connectivity index (χ4n) is 4.20. The third kappa shape index (κ3) is 4.98. The van der Waals surface area contributed by atoms with Gasteiger partial charge in [-0.2, -0.15) is 0 Å². The fraction of sp³-hybridized carbons (Fsp3) is 0.458. The van der Waals surface area contributed by atoms with Gasteiger partial charge >= 0.3 is 0 Å². The highest BCUT2D eigenvalue weighted by molar-refractivity contribution is 5.91. The second kappa shape index (κ2) is 8.71. The van der Waals surface area contributed by atoms with Crippen LogP contribution in [0.1, 0.15) is 54.6 Å². The SMILES string of the molecule is CC(=O)Nc1c2c(cc3c1CCC3)CCC2.Cc1ccc(CN(C)C)cc1.[HH]. The second-order valence-electron chi connectivity index (χ2n) is 8.14. The van der Waals surface area contributed by atoms with Gasteiger partial charge in [0.2, 0.25) is 5.91 Å². The Morgan fingerprint density at radius 3 is 2.04 bits per heavy atom. The number of fused-ring (bicyclic) bond motifs is 2. The van der Waals surface area contributed by atoms with Crippen molar-refractivity contribution < 1.29 is 6.22 Å². The lowest BCUT2D eigenvalue weighted by Crippen LogP contribution is -2.11. The maximum absolute atomic E-state index is 11.3. The summed E-state index contributed by atoms with van der Waals surface area (Å²) < 4.78 is 0. The molecule has 0 spiro atoms. The summed E-state index contributed by atoms with van der Waals surface area (Å²) in [7, 11) is 4.17. The number of anilines is 1. The summed E-state index contributed by atoms with van der Waals surface area (Å²) in [5.41, 5.74) is 9.64. The van der Waals surface area contributed by atoms with E-state index < -0.39 is 0 Å². The molecule has 0 aliphatic heterocycles. The van der Waals surface area contributed by atoms with E-state index in [0.29, 0.717) is 0 Å². The molecule has 0 heterocycles. The maximum atomic E-state index is 11.3. The molecule has 0 saturated carbocycles. The average Bonchev–Trinajstić information content (AvgIpc) is 3.25. The van der Waals surface area contributed by atoms with Crippen molar-refractivity contribution in [1.82, 2.24) is 4.90 Å². The van der Waals surface area contributed by atoms with Crippen LogP contribution in [-0.2, 0) is 37.0 Å². The molecule has 4 rings (SSSR count).